The van der Waals surface area contributed by atoms with Gasteiger partial charge in [0.1, 0.15) is 0 Å². The van der Waals surface area contributed by atoms with Crippen molar-refractivity contribution in [2.45, 2.75) is 6.92 Å². The molecule has 0 saturated heterocycles. The molecule has 0 aliphatic carbocycles. The molecular weight excluding hydrogens is 144 g/mol. The van der Waals surface area contributed by atoms with Crippen LogP contribution in [0.5, 0.6) is 0 Å². The van der Waals surface area contributed by atoms with Gasteiger partial charge in [0.15, 0.2) is 12.4 Å². The molecule has 0 unspecified atom stereocenters. The second-order valence-corrected chi connectivity index (χ2v) is 1.83. The summed E-state index contributed by atoms with van der Waals surface area (Å²) >= 11 is 0. The first-order chi connectivity index (χ1) is 5.20. The summed E-state index contributed by atoms with van der Waals surface area (Å²) in [6, 6.07) is 0. The molecule has 0 rings (SSSR count). The molecule has 0 aliphatic heterocycles. The molecule has 11 heavy (non-hydrogen) atoms. The number of carbonyl (C=O) groups excluding carboxylic acids is 1. The summed E-state index contributed by atoms with van der Waals surface area (Å²) in [4.78, 5) is 11.2. The summed E-state index contributed by atoms with van der Waals surface area (Å²) in [6.45, 7) is 1.92. The fourth-order valence-corrected chi connectivity index (χ4v) is 0.466. The maximum absolute atomic E-state index is 10.3. The van der Waals surface area contributed by atoms with Crippen molar-refractivity contribution < 1.29 is 4.79 Å². The van der Waals surface area contributed by atoms with Gasteiger partial charge in [-0.25, -0.2) is 4.90 Å². The molecule has 0 fully saturated rings. The van der Waals surface area contributed by atoms with Crippen molar-refractivity contribution in [3.05, 3.63) is 0 Å². The van der Waals surface area contributed by atoms with Crippen LogP contribution in [-0.4, -0.2) is 23.9 Å². The Hall–Kier alpha value is -1.75. The maximum Gasteiger partial charge on any atom is 0.216 e. The lowest BCUT2D eigenvalue weighted by Gasteiger charge is -2.04. The average molecular weight is 152 g/mol. The third kappa shape index (κ3) is 4.73. The lowest BCUT2D eigenvalue weighted by molar-refractivity contribution is -0.118. The monoisotopic (exact) mass is 152 g/mol. The first kappa shape index (κ1) is 9.25. The summed E-state index contributed by atoms with van der Waals surface area (Å²) < 4.78 is 0. The summed E-state index contributed by atoms with van der Waals surface area (Å²) in [5.74, 6) is -0.166. The molecule has 0 aromatic heterocycles. The van der Waals surface area contributed by atoms with Crippen LogP contribution in [0.15, 0.2) is 0 Å². The van der Waals surface area contributed by atoms with Gasteiger partial charge in [-0.05, 0) is 0 Å². The van der Waals surface area contributed by atoms with Crippen LogP contribution in [0.3, 0.4) is 0 Å². The topological polar surface area (TPSA) is 79.9 Å². The van der Waals surface area contributed by atoms with Gasteiger partial charge in [-0.15, -0.1) is 0 Å². The van der Waals surface area contributed by atoms with Crippen LogP contribution in [0, 0.1) is 22.9 Å². The second-order valence-electron chi connectivity index (χ2n) is 1.83. The molecule has 0 saturated carbocycles. The van der Waals surface area contributed by atoms with Crippen LogP contribution in [0.4, 0.5) is 0 Å². The zero-order valence-corrected chi connectivity index (χ0v) is 6.16. The molecule has 58 valence electrons. The molecule has 0 aromatic carbocycles. The smallest absolute Gasteiger partial charge is 0.216 e. The summed E-state index contributed by atoms with van der Waals surface area (Å²) in [5, 5.41) is 18.9. The van der Waals surface area contributed by atoms with Crippen molar-refractivity contribution in [3.8, 4) is 12.4 Å². The van der Waals surface area contributed by atoms with E-state index in [4.69, 9.17) is 10.5 Å². The van der Waals surface area contributed by atoms with E-state index in [9.17, 15) is 4.79 Å². The molecule has 5 nitrogen and oxygen atoms in total. The summed E-state index contributed by atoms with van der Waals surface area (Å²) in [6.07, 6.45) is 3.29. The van der Waals surface area contributed by atoms with E-state index < -0.39 is 0 Å². The average Bonchev–Trinajstić information content (AvgIpc) is 1.98. The minimum absolute atomic E-state index is 0.166. The normalized spacial score (nSPS) is 7.55. The predicted molar refractivity (Wildman–Crippen MR) is 36.6 cm³/mol. The molecule has 0 aliphatic rings. The Balaban J connectivity index is 3.48. The molecule has 5 heteroatoms. The zero-order valence-electron chi connectivity index (χ0n) is 6.16. The number of nitriles is 2. The van der Waals surface area contributed by atoms with E-state index in [0.29, 0.717) is 6.54 Å². The van der Waals surface area contributed by atoms with E-state index in [1.807, 2.05) is 0 Å². The fraction of sp³-hybridized carbons (Fsp3) is 0.500. The molecule has 0 heterocycles. The van der Waals surface area contributed by atoms with Gasteiger partial charge < -0.3 is 5.32 Å². The number of nitrogens with zero attached hydrogens (tertiary/aromatic N) is 3. The minimum atomic E-state index is -0.166. The van der Waals surface area contributed by atoms with E-state index in [1.54, 1.807) is 12.4 Å². The van der Waals surface area contributed by atoms with Crippen molar-refractivity contribution in [2.75, 3.05) is 13.1 Å². The third-order valence-corrected chi connectivity index (χ3v) is 0.951. The van der Waals surface area contributed by atoms with E-state index in [0.717, 1.165) is 4.90 Å². The van der Waals surface area contributed by atoms with Crippen LogP contribution in [0.1, 0.15) is 6.92 Å². The molecule has 0 radical (unpaired) electrons. The quantitative estimate of drug-likeness (QED) is 0.432. The molecule has 0 spiro atoms. The SMILES string of the molecule is CC(=O)NCCN(C#N)C#N. The van der Waals surface area contributed by atoms with Crippen LogP contribution >= 0.6 is 0 Å². The summed E-state index contributed by atoms with van der Waals surface area (Å²) in [5.41, 5.74) is 0. The first-order valence-electron chi connectivity index (χ1n) is 3.02. The number of hydrogen-bond acceptors (Lipinski definition) is 4. The van der Waals surface area contributed by atoms with Crippen LogP contribution < -0.4 is 5.32 Å². The Bertz CT molecular complexity index is 198. The number of nitrogens with one attached hydrogen (secondary N) is 1. The van der Waals surface area contributed by atoms with Crippen LogP contribution in [0.25, 0.3) is 0 Å². The van der Waals surface area contributed by atoms with Gasteiger partial charge in [0.2, 0.25) is 5.91 Å². The Morgan fingerprint density at radius 1 is 1.55 bits per heavy atom. The van der Waals surface area contributed by atoms with Gasteiger partial charge in [0.25, 0.3) is 0 Å². The highest BCUT2D eigenvalue weighted by atomic mass is 16.1. The lowest BCUT2D eigenvalue weighted by atomic mass is 10.5. The van der Waals surface area contributed by atoms with Gasteiger partial charge in [0, 0.05) is 13.5 Å². The highest BCUT2D eigenvalue weighted by Crippen LogP contribution is 1.77. The highest BCUT2D eigenvalue weighted by Gasteiger charge is 1.97. The van der Waals surface area contributed by atoms with Crippen molar-refractivity contribution >= 4 is 5.91 Å². The molecule has 0 aromatic rings. The van der Waals surface area contributed by atoms with Crippen molar-refractivity contribution in [1.29, 1.82) is 10.5 Å². The van der Waals surface area contributed by atoms with Crippen molar-refractivity contribution in [3.63, 3.8) is 0 Å². The fourth-order valence-electron chi connectivity index (χ4n) is 0.466. The molecule has 1 amide bonds. The molecule has 1 N–H and O–H groups in total. The van der Waals surface area contributed by atoms with E-state index in [1.165, 1.54) is 6.92 Å². The zero-order chi connectivity index (χ0) is 8.69. The Morgan fingerprint density at radius 3 is 2.45 bits per heavy atom. The number of carbonyl (C=O) groups is 1. The minimum Gasteiger partial charge on any atom is -0.354 e. The van der Waals surface area contributed by atoms with Gasteiger partial charge in [0.05, 0.1) is 6.54 Å². The number of rotatable bonds is 3. The molecular formula is C6H8N4O. The molecule has 0 bridgehead atoms. The van der Waals surface area contributed by atoms with Gasteiger partial charge in [-0.3, -0.25) is 4.79 Å². The lowest BCUT2D eigenvalue weighted by Crippen LogP contribution is -2.29. The summed E-state index contributed by atoms with van der Waals surface area (Å²) in [7, 11) is 0. The predicted octanol–water partition coefficient (Wildman–Crippen LogP) is -0.613. The Morgan fingerprint density at radius 2 is 2.09 bits per heavy atom. The third-order valence-electron chi connectivity index (χ3n) is 0.951. The maximum atomic E-state index is 10.3. The van der Waals surface area contributed by atoms with Gasteiger partial charge in [-0.1, -0.05) is 0 Å². The van der Waals surface area contributed by atoms with Gasteiger partial charge >= 0.3 is 0 Å². The Labute approximate surface area is 64.8 Å². The second kappa shape index (κ2) is 5.07. The largest absolute Gasteiger partial charge is 0.354 e. The number of hydrogen-bond donors (Lipinski definition) is 1. The van der Waals surface area contributed by atoms with Crippen LogP contribution in [0.2, 0.25) is 0 Å². The van der Waals surface area contributed by atoms with E-state index in [-0.39, 0.29) is 12.5 Å². The Kier molecular flexibility index (Phi) is 4.26. The standard InChI is InChI=1S/C6H8N4O/c1-6(11)9-2-3-10(4-7)5-8/h2-3H2,1H3,(H,9,11). The first-order valence-corrected chi connectivity index (χ1v) is 3.02. The highest BCUT2D eigenvalue weighted by molar-refractivity contribution is 5.72. The van der Waals surface area contributed by atoms with Crippen molar-refractivity contribution in [2.24, 2.45) is 0 Å². The van der Waals surface area contributed by atoms with Crippen molar-refractivity contribution in [1.82, 2.24) is 10.2 Å². The van der Waals surface area contributed by atoms with E-state index >= 15 is 0 Å². The van der Waals surface area contributed by atoms with E-state index in [2.05, 4.69) is 5.32 Å². The van der Waals surface area contributed by atoms with Crippen LogP contribution in [-0.2, 0) is 4.79 Å². The van der Waals surface area contributed by atoms with Gasteiger partial charge in [-0.2, -0.15) is 10.5 Å². The number of amides is 1. The molecule has 0 atom stereocenters.